The van der Waals surface area contributed by atoms with Crippen molar-refractivity contribution in [2.75, 3.05) is 23.4 Å². The molecule has 0 saturated heterocycles. The molecule has 0 unspecified atom stereocenters. The fourth-order valence-corrected chi connectivity index (χ4v) is 2.80. The molecule has 2 aromatic carbocycles. The van der Waals surface area contributed by atoms with Crippen molar-refractivity contribution < 1.29 is 9.59 Å². The third-order valence-electron chi connectivity index (χ3n) is 3.25. The molecule has 5 nitrogen and oxygen atoms in total. The van der Waals surface area contributed by atoms with Gasteiger partial charge in [-0.15, -0.1) is 11.8 Å². The molecule has 0 saturated carbocycles. The lowest BCUT2D eigenvalue weighted by Gasteiger charge is -2.08. The molecule has 24 heavy (non-hydrogen) atoms. The summed E-state index contributed by atoms with van der Waals surface area (Å²) in [7, 11) is 1.55. The predicted octanol–water partition coefficient (Wildman–Crippen LogP) is 3.62. The largest absolute Gasteiger partial charge is 0.341 e. The molecule has 0 aliphatic carbocycles. The maximum Gasteiger partial charge on any atom is 0.318 e. The molecule has 0 aliphatic rings. The number of carbonyl (C=O) groups excluding carboxylic acids is 2. The number of anilines is 2. The number of urea groups is 1. The number of hydrogen-bond donors (Lipinski definition) is 3. The predicted molar refractivity (Wildman–Crippen MR) is 100 cm³/mol. The molecule has 126 valence electrons. The van der Waals surface area contributed by atoms with Crippen LogP contribution in [0.1, 0.15) is 11.1 Å². The average molecular weight is 343 g/mol. The van der Waals surface area contributed by atoms with Crippen LogP contribution in [0.15, 0.2) is 48.5 Å². The molecule has 3 amide bonds. The van der Waals surface area contributed by atoms with Crippen LogP contribution >= 0.6 is 11.8 Å². The van der Waals surface area contributed by atoms with Gasteiger partial charge in [0.1, 0.15) is 0 Å². The minimum Gasteiger partial charge on any atom is -0.341 e. The molecule has 2 aromatic rings. The number of amides is 3. The van der Waals surface area contributed by atoms with Crippen molar-refractivity contribution in [1.29, 1.82) is 0 Å². The quantitative estimate of drug-likeness (QED) is 0.750. The van der Waals surface area contributed by atoms with Crippen LogP contribution < -0.4 is 16.0 Å². The first-order valence-corrected chi connectivity index (χ1v) is 8.74. The number of thioether (sulfide) groups is 1. The molecular weight excluding hydrogens is 322 g/mol. The topological polar surface area (TPSA) is 70.2 Å². The normalized spacial score (nSPS) is 10.1. The highest BCUT2D eigenvalue weighted by Gasteiger charge is 2.05. The van der Waals surface area contributed by atoms with Gasteiger partial charge in [0.15, 0.2) is 0 Å². The van der Waals surface area contributed by atoms with Gasteiger partial charge in [-0.25, -0.2) is 4.79 Å². The lowest BCUT2D eigenvalue weighted by molar-refractivity contribution is -0.113. The van der Waals surface area contributed by atoms with Crippen molar-refractivity contribution in [3.63, 3.8) is 0 Å². The number of hydrogen-bond acceptors (Lipinski definition) is 3. The lowest BCUT2D eigenvalue weighted by Crippen LogP contribution is -2.24. The van der Waals surface area contributed by atoms with Gasteiger partial charge in [-0.3, -0.25) is 4.79 Å². The lowest BCUT2D eigenvalue weighted by atomic mass is 10.2. The Morgan fingerprint density at radius 3 is 2.33 bits per heavy atom. The molecule has 2 rings (SSSR count). The molecule has 6 heteroatoms. The molecule has 0 spiro atoms. The van der Waals surface area contributed by atoms with Crippen molar-refractivity contribution >= 4 is 35.1 Å². The smallest absolute Gasteiger partial charge is 0.318 e. The Labute approximate surface area is 146 Å². The van der Waals surface area contributed by atoms with Crippen LogP contribution in [0.3, 0.4) is 0 Å². The number of nitrogens with one attached hydrogen (secondary N) is 3. The van der Waals surface area contributed by atoms with E-state index in [1.54, 1.807) is 43.1 Å². The van der Waals surface area contributed by atoms with Gasteiger partial charge in [0.25, 0.3) is 0 Å². The van der Waals surface area contributed by atoms with Gasteiger partial charge in [0.2, 0.25) is 5.91 Å². The maximum atomic E-state index is 12.0. The summed E-state index contributed by atoms with van der Waals surface area (Å²) >= 11 is 1.57. The van der Waals surface area contributed by atoms with Gasteiger partial charge >= 0.3 is 6.03 Å². The summed E-state index contributed by atoms with van der Waals surface area (Å²) in [5, 5.41) is 7.99. The van der Waals surface area contributed by atoms with Gasteiger partial charge < -0.3 is 16.0 Å². The van der Waals surface area contributed by atoms with Crippen molar-refractivity contribution in [2.45, 2.75) is 12.7 Å². The Kier molecular flexibility index (Phi) is 6.69. The van der Waals surface area contributed by atoms with Crippen LogP contribution in [0.2, 0.25) is 0 Å². The third kappa shape index (κ3) is 5.96. The highest BCUT2D eigenvalue weighted by Crippen LogP contribution is 2.17. The van der Waals surface area contributed by atoms with Gasteiger partial charge in [0, 0.05) is 24.2 Å². The van der Waals surface area contributed by atoms with Crippen LogP contribution in [0.5, 0.6) is 0 Å². The molecule has 0 radical (unpaired) electrons. The zero-order valence-corrected chi connectivity index (χ0v) is 14.6. The van der Waals surface area contributed by atoms with E-state index in [4.69, 9.17) is 0 Å². The average Bonchev–Trinajstić information content (AvgIpc) is 2.57. The zero-order chi connectivity index (χ0) is 17.4. The summed E-state index contributed by atoms with van der Waals surface area (Å²) in [6.07, 6.45) is 0. The van der Waals surface area contributed by atoms with E-state index in [0.29, 0.717) is 17.1 Å². The van der Waals surface area contributed by atoms with Crippen LogP contribution in [0.25, 0.3) is 0 Å². The van der Waals surface area contributed by atoms with E-state index in [2.05, 4.69) is 47.1 Å². The second-order valence-corrected chi connectivity index (χ2v) is 6.30. The monoisotopic (exact) mass is 343 g/mol. The van der Waals surface area contributed by atoms with Crippen LogP contribution in [0.4, 0.5) is 16.2 Å². The van der Waals surface area contributed by atoms with Gasteiger partial charge in [0.05, 0.1) is 5.75 Å². The Balaban J connectivity index is 1.80. The maximum absolute atomic E-state index is 12.0. The minimum atomic E-state index is -0.299. The van der Waals surface area contributed by atoms with E-state index < -0.39 is 0 Å². The van der Waals surface area contributed by atoms with Crippen molar-refractivity contribution in [3.8, 4) is 0 Å². The van der Waals surface area contributed by atoms with Crippen molar-refractivity contribution in [1.82, 2.24) is 5.32 Å². The van der Waals surface area contributed by atoms with Crippen molar-refractivity contribution in [2.24, 2.45) is 0 Å². The fourth-order valence-electron chi connectivity index (χ4n) is 2.01. The number of aryl methyl sites for hydroxylation is 1. The van der Waals surface area contributed by atoms with Gasteiger partial charge in [-0.2, -0.15) is 0 Å². The van der Waals surface area contributed by atoms with E-state index in [-0.39, 0.29) is 11.9 Å². The van der Waals surface area contributed by atoms with E-state index in [9.17, 15) is 9.59 Å². The first kappa shape index (κ1) is 17.9. The highest BCUT2D eigenvalue weighted by molar-refractivity contribution is 7.99. The van der Waals surface area contributed by atoms with Crippen LogP contribution in [-0.2, 0) is 10.5 Å². The van der Waals surface area contributed by atoms with Gasteiger partial charge in [-0.1, -0.05) is 35.9 Å². The molecule has 0 atom stereocenters. The Morgan fingerprint density at radius 1 is 1.00 bits per heavy atom. The molecule has 3 N–H and O–H groups in total. The first-order chi connectivity index (χ1) is 11.6. The second-order valence-electron chi connectivity index (χ2n) is 5.31. The third-order valence-corrected chi connectivity index (χ3v) is 4.26. The number of carbonyl (C=O) groups is 2. The summed E-state index contributed by atoms with van der Waals surface area (Å²) in [6.45, 7) is 2.05. The van der Waals surface area contributed by atoms with Crippen molar-refractivity contribution in [3.05, 3.63) is 59.7 Å². The molecule has 0 aromatic heterocycles. The molecular formula is C18H21N3O2S. The zero-order valence-electron chi connectivity index (χ0n) is 13.8. The first-order valence-electron chi connectivity index (χ1n) is 7.59. The summed E-state index contributed by atoms with van der Waals surface area (Å²) in [5.74, 6) is 1.11. The molecule has 0 heterocycles. The van der Waals surface area contributed by atoms with E-state index in [0.717, 1.165) is 5.75 Å². The minimum absolute atomic E-state index is 0.0656. The Bertz CT molecular complexity index is 702. The van der Waals surface area contributed by atoms with E-state index in [1.807, 2.05) is 0 Å². The van der Waals surface area contributed by atoms with Crippen LogP contribution in [0, 0.1) is 6.92 Å². The Morgan fingerprint density at radius 2 is 1.67 bits per heavy atom. The SMILES string of the molecule is CNC(=O)Nc1cccc(NC(=O)CSCc2ccc(C)cc2)c1. The number of benzene rings is 2. The summed E-state index contributed by atoms with van der Waals surface area (Å²) in [4.78, 5) is 23.3. The van der Waals surface area contributed by atoms with E-state index >= 15 is 0 Å². The van der Waals surface area contributed by atoms with E-state index in [1.165, 1.54) is 11.1 Å². The molecule has 0 aliphatic heterocycles. The summed E-state index contributed by atoms with van der Waals surface area (Å²) < 4.78 is 0. The number of rotatable bonds is 6. The van der Waals surface area contributed by atoms with Gasteiger partial charge in [-0.05, 0) is 30.7 Å². The summed E-state index contributed by atoms with van der Waals surface area (Å²) in [5.41, 5.74) is 3.71. The van der Waals surface area contributed by atoms with Crippen LogP contribution in [-0.4, -0.2) is 24.7 Å². The fraction of sp³-hybridized carbons (Fsp3) is 0.222. The molecule has 0 fully saturated rings. The summed E-state index contributed by atoms with van der Waals surface area (Å²) in [6, 6.07) is 15.0. The Hall–Kier alpha value is -2.47. The highest BCUT2D eigenvalue weighted by atomic mass is 32.2. The standard InChI is InChI=1S/C18H21N3O2S/c1-13-6-8-14(9-7-13)11-24-12-17(22)20-15-4-3-5-16(10-15)21-18(23)19-2/h3-10H,11-12H2,1-2H3,(H,20,22)(H2,19,21,23). The molecule has 0 bridgehead atoms. The second kappa shape index (κ2) is 8.98.